The molecule has 0 amide bonds. The Morgan fingerprint density at radius 3 is 2.71 bits per heavy atom. The molecule has 1 aromatic heterocycles. The van der Waals surface area contributed by atoms with Gasteiger partial charge in [0, 0.05) is 10.3 Å². The third-order valence-corrected chi connectivity index (χ3v) is 3.71. The minimum absolute atomic E-state index is 0.716. The van der Waals surface area contributed by atoms with Crippen LogP contribution in [0.4, 0.5) is 0 Å². The van der Waals surface area contributed by atoms with E-state index in [0.717, 1.165) is 17.4 Å². The number of rotatable bonds is 2. The van der Waals surface area contributed by atoms with E-state index in [2.05, 4.69) is 29.6 Å². The van der Waals surface area contributed by atoms with Gasteiger partial charge < -0.3 is 0 Å². The highest BCUT2D eigenvalue weighted by molar-refractivity contribution is 7.17. The van der Waals surface area contributed by atoms with Crippen molar-refractivity contribution in [3.8, 4) is 11.1 Å². The van der Waals surface area contributed by atoms with Crippen LogP contribution in [0.2, 0.25) is 0 Å². The van der Waals surface area contributed by atoms with Crippen LogP contribution in [0.3, 0.4) is 0 Å². The van der Waals surface area contributed by atoms with Crippen LogP contribution >= 0.6 is 11.3 Å². The molecule has 2 heteroatoms. The van der Waals surface area contributed by atoms with Gasteiger partial charge in [-0.3, -0.25) is 4.79 Å². The van der Waals surface area contributed by atoms with Gasteiger partial charge in [0.15, 0.2) is 0 Å². The number of carbonyl (C=O) groups is 1. The Labute approximate surface area is 103 Å². The van der Waals surface area contributed by atoms with Gasteiger partial charge in [-0.2, -0.15) is 0 Å². The zero-order valence-corrected chi connectivity index (χ0v) is 9.91. The van der Waals surface area contributed by atoms with E-state index in [4.69, 9.17) is 0 Å². The number of hydrogen-bond acceptors (Lipinski definition) is 2. The molecule has 82 valence electrons. The molecule has 0 saturated heterocycles. The van der Waals surface area contributed by atoms with Crippen LogP contribution < -0.4 is 0 Å². The summed E-state index contributed by atoms with van der Waals surface area (Å²) in [5, 5.41) is 3.35. The summed E-state index contributed by atoms with van der Waals surface area (Å²) in [5.74, 6) is 0. The highest BCUT2D eigenvalue weighted by Gasteiger charge is 2.01. The summed E-state index contributed by atoms with van der Waals surface area (Å²) in [5.41, 5.74) is 2.95. The fourth-order valence-electron chi connectivity index (χ4n) is 1.94. The van der Waals surface area contributed by atoms with E-state index >= 15 is 0 Å². The molecule has 2 aromatic carbocycles. The van der Waals surface area contributed by atoms with Crippen molar-refractivity contribution in [1.82, 2.24) is 0 Å². The van der Waals surface area contributed by atoms with Crippen molar-refractivity contribution in [3.05, 3.63) is 59.5 Å². The molecule has 0 aliphatic carbocycles. The molecule has 1 heterocycles. The van der Waals surface area contributed by atoms with Gasteiger partial charge in [-0.05, 0) is 46.2 Å². The van der Waals surface area contributed by atoms with E-state index in [1.807, 2.05) is 24.3 Å². The maximum atomic E-state index is 10.8. The molecule has 0 fully saturated rings. The van der Waals surface area contributed by atoms with Crippen molar-refractivity contribution in [2.24, 2.45) is 0 Å². The standard InChI is InChI=1S/C15H10OS/c16-10-11-2-1-3-12(8-11)13-4-5-15-14(9-13)6-7-17-15/h1-10H. The largest absolute Gasteiger partial charge is 0.298 e. The highest BCUT2D eigenvalue weighted by Crippen LogP contribution is 2.27. The minimum atomic E-state index is 0.716. The lowest BCUT2D eigenvalue weighted by Gasteiger charge is -2.02. The molecule has 0 aliphatic rings. The Morgan fingerprint density at radius 2 is 1.82 bits per heavy atom. The summed E-state index contributed by atoms with van der Waals surface area (Å²) < 4.78 is 1.29. The number of carbonyl (C=O) groups excluding carboxylic acids is 1. The quantitative estimate of drug-likeness (QED) is 0.605. The second-order valence-electron chi connectivity index (χ2n) is 3.92. The van der Waals surface area contributed by atoms with Gasteiger partial charge in [0.25, 0.3) is 0 Å². The molecule has 0 aliphatic heterocycles. The van der Waals surface area contributed by atoms with Crippen LogP contribution in [-0.4, -0.2) is 6.29 Å². The first-order chi connectivity index (χ1) is 8.36. The Morgan fingerprint density at radius 1 is 0.941 bits per heavy atom. The molecule has 3 rings (SSSR count). The topological polar surface area (TPSA) is 17.1 Å². The number of aldehydes is 1. The average molecular weight is 238 g/mol. The molecular weight excluding hydrogens is 228 g/mol. The second kappa shape index (κ2) is 4.15. The van der Waals surface area contributed by atoms with Gasteiger partial charge in [-0.15, -0.1) is 11.3 Å². The number of benzene rings is 2. The van der Waals surface area contributed by atoms with Gasteiger partial charge in [-0.1, -0.05) is 24.3 Å². The first-order valence-electron chi connectivity index (χ1n) is 5.40. The summed E-state index contributed by atoms with van der Waals surface area (Å²) in [6, 6.07) is 16.2. The summed E-state index contributed by atoms with van der Waals surface area (Å²) in [7, 11) is 0. The normalized spacial score (nSPS) is 10.6. The second-order valence-corrected chi connectivity index (χ2v) is 4.86. The zero-order chi connectivity index (χ0) is 11.7. The van der Waals surface area contributed by atoms with Gasteiger partial charge >= 0.3 is 0 Å². The Bertz CT molecular complexity index is 682. The van der Waals surface area contributed by atoms with Gasteiger partial charge in [0.05, 0.1) is 0 Å². The van der Waals surface area contributed by atoms with Gasteiger partial charge in [-0.25, -0.2) is 0 Å². The summed E-state index contributed by atoms with van der Waals surface area (Å²) >= 11 is 1.74. The summed E-state index contributed by atoms with van der Waals surface area (Å²) in [6.45, 7) is 0. The SMILES string of the molecule is O=Cc1cccc(-c2ccc3sccc3c2)c1. The van der Waals surface area contributed by atoms with Crippen molar-refractivity contribution in [2.75, 3.05) is 0 Å². The van der Waals surface area contributed by atoms with Crippen LogP contribution in [0.15, 0.2) is 53.9 Å². The molecule has 0 unspecified atom stereocenters. The lowest BCUT2D eigenvalue weighted by atomic mass is 10.0. The molecule has 0 radical (unpaired) electrons. The third kappa shape index (κ3) is 1.87. The van der Waals surface area contributed by atoms with Gasteiger partial charge in [0.1, 0.15) is 6.29 Å². The van der Waals surface area contributed by atoms with Crippen molar-refractivity contribution in [3.63, 3.8) is 0 Å². The van der Waals surface area contributed by atoms with Crippen molar-refractivity contribution >= 4 is 27.7 Å². The van der Waals surface area contributed by atoms with Crippen LogP contribution in [0.1, 0.15) is 10.4 Å². The van der Waals surface area contributed by atoms with E-state index in [0.29, 0.717) is 5.56 Å². The monoisotopic (exact) mass is 238 g/mol. The van der Waals surface area contributed by atoms with E-state index in [9.17, 15) is 4.79 Å². The fraction of sp³-hybridized carbons (Fsp3) is 0. The first kappa shape index (κ1) is 10.2. The lowest BCUT2D eigenvalue weighted by Crippen LogP contribution is -1.82. The summed E-state index contributed by atoms with van der Waals surface area (Å²) in [4.78, 5) is 10.8. The number of fused-ring (bicyclic) bond motifs is 1. The van der Waals surface area contributed by atoms with E-state index < -0.39 is 0 Å². The van der Waals surface area contributed by atoms with Gasteiger partial charge in [0.2, 0.25) is 0 Å². The Balaban J connectivity index is 2.15. The molecule has 0 spiro atoms. The smallest absolute Gasteiger partial charge is 0.150 e. The van der Waals surface area contributed by atoms with E-state index in [1.165, 1.54) is 10.1 Å². The van der Waals surface area contributed by atoms with Crippen LogP contribution in [-0.2, 0) is 0 Å². The van der Waals surface area contributed by atoms with Crippen molar-refractivity contribution in [2.45, 2.75) is 0 Å². The maximum absolute atomic E-state index is 10.8. The van der Waals surface area contributed by atoms with Crippen molar-refractivity contribution < 1.29 is 4.79 Å². The van der Waals surface area contributed by atoms with Crippen LogP contribution in [0, 0.1) is 0 Å². The Kier molecular flexibility index (Phi) is 2.50. The summed E-state index contributed by atoms with van der Waals surface area (Å²) in [6.07, 6.45) is 0.882. The zero-order valence-electron chi connectivity index (χ0n) is 9.09. The molecular formula is C15H10OS. The highest BCUT2D eigenvalue weighted by atomic mass is 32.1. The van der Waals surface area contributed by atoms with Crippen molar-refractivity contribution in [1.29, 1.82) is 0 Å². The minimum Gasteiger partial charge on any atom is -0.298 e. The molecule has 0 atom stereocenters. The predicted octanol–water partition coefficient (Wildman–Crippen LogP) is 4.38. The molecule has 1 nitrogen and oxygen atoms in total. The third-order valence-electron chi connectivity index (χ3n) is 2.81. The predicted molar refractivity (Wildman–Crippen MR) is 72.6 cm³/mol. The van der Waals surface area contributed by atoms with Crippen LogP contribution in [0.25, 0.3) is 21.2 Å². The lowest BCUT2D eigenvalue weighted by molar-refractivity contribution is 0.112. The number of hydrogen-bond donors (Lipinski definition) is 0. The first-order valence-corrected chi connectivity index (χ1v) is 6.28. The van der Waals surface area contributed by atoms with E-state index in [-0.39, 0.29) is 0 Å². The Hall–Kier alpha value is -1.93. The maximum Gasteiger partial charge on any atom is 0.150 e. The molecule has 0 N–H and O–H groups in total. The molecule has 3 aromatic rings. The van der Waals surface area contributed by atoms with Crippen LogP contribution in [0.5, 0.6) is 0 Å². The van der Waals surface area contributed by atoms with E-state index in [1.54, 1.807) is 11.3 Å². The fourth-order valence-corrected chi connectivity index (χ4v) is 2.71. The molecule has 17 heavy (non-hydrogen) atoms. The molecule has 0 saturated carbocycles. The molecule has 0 bridgehead atoms. The number of thiophene rings is 1. The average Bonchev–Trinajstić information content (AvgIpc) is 2.86.